The predicted octanol–water partition coefficient (Wildman–Crippen LogP) is 3.13. The van der Waals surface area contributed by atoms with E-state index in [1.165, 1.54) is 24.3 Å². The minimum absolute atomic E-state index is 0.152. The molecule has 0 amide bonds. The van der Waals surface area contributed by atoms with Gasteiger partial charge in [-0.05, 0) is 71.8 Å². The number of aromatic nitrogens is 4. The maximum Gasteiger partial charge on any atom is 0.261 e. The van der Waals surface area contributed by atoms with Gasteiger partial charge in [0.15, 0.2) is 5.82 Å². The van der Waals surface area contributed by atoms with Crippen molar-refractivity contribution in [1.29, 1.82) is 0 Å². The summed E-state index contributed by atoms with van der Waals surface area (Å²) in [4.78, 5) is 0.152. The van der Waals surface area contributed by atoms with E-state index in [0.717, 1.165) is 18.4 Å². The highest BCUT2D eigenvalue weighted by atomic mass is 35.5. The third kappa shape index (κ3) is 3.35. The number of sulfonamides is 1. The van der Waals surface area contributed by atoms with Gasteiger partial charge >= 0.3 is 0 Å². The summed E-state index contributed by atoms with van der Waals surface area (Å²) in [7, 11) is -3.66. The van der Waals surface area contributed by atoms with Gasteiger partial charge in [-0.3, -0.25) is 4.72 Å². The molecule has 0 spiro atoms. The van der Waals surface area contributed by atoms with E-state index in [4.69, 9.17) is 11.6 Å². The minimum Gasteiger partial charge on any atom is -0.280 e. The first kappa shape index (κ1) is 16.0. The Labute approximate surface area is 149 Å². The molecule has 7 nitrogen and oxygen atoms in total. The Morgan fingerprint density at radius 3 is 2.36 bits per heavy atom. The number of hydrogen-bond donors (Lipinski definition) is 1. The standard InChI is InChI=1S/C16H14ClN5O2S/c17-12-3-9-15(10-4-12)25(23,24)19-13-5-1-11(2-6-13)16-18-20-21-22(16)14-7-8-14/h1-6,9-10,14,19H,7-8H2. The number of tetrazole rings is 1. The van der Waals surface area contributed by atoms with E-state index < -0.39 is 10.0 Å². The first-order valence-corrected chi connectivity index (χ1v) is 9.56. The van der Waals surface area contributed by atoms with Crippen LogP contribution in [0.5, 0.6) is 0 Å². The van der Waals surface area contributed by atoms with Crippen molar-refractivity contribution in [2.45, 2.75) is 23.8 Å². The molecule has 0 atom stereocenters. The Balaban J connectivity index is 1.56. The summed E-state index contributed by atoms with van der Waals surface area (Å²) in [5, 5.41) is 12.3. The molecule has 4 rings (SSSR count). The van der Waals surface area contributed by atoms with Gasteiger partial charge in [-0.1, -0.05) is 11.6 Å². The zero-order valence-corrected chi connectivity index (χ0v) is 14.6. The summed E-state index contributed by atoms with van der Waals surface area (Å²) in [5.74, 6) is 0.689. The summed E-state index contributed by atoms with van der Waals surface area (Å²) in [6.07, 6.45) is 2.16. The Bertz CT molecular complexity index is 996. The summed E-state index contributed by atoms with van der Waals surface area (Å²) >= 11 is 5.79. The summed E-state index contributed by atoms with van der Waals surface area (Å²) in [6, 6.07) is 13.3. The molecule has 1 aromatic heterocycles. The monoisotopic (exact) mass is 375 g/mol. The molecule has 1 saturated carbocycles. The Morgan fingerprint density at radius 1 is 1.04 bits per heavy atom. The number of hydrogen-bond acceptors (Lipinski definition) is 5. The van der Waals surface area contributed by atoms with Crippen molar-refractivity contribution in [3.8, 4) is 11.4 Å². The van der Waals surface area contributed by atoms with Crippen LogP contribution in [0.15, 0.2) is 53.4 Å². The van der Waals surface area contributed by atoms with Crippen molar-refractivity contribution in [3.05, 3.63) is 53.6 Å². The lowest BCUT2D eigenvalue weighted by Gasteiger charge is -2.09. The van der Waals surface area contributed by atoms with Gasteiger partial charge in [0.2, 0.25) is 0 Å². The van der Waals surface area contributed by atoms with Crippen LogP contribution in [0.3, 0.4) is 0 Å². The predicted molar refractivity (Wildman–Crippen MR) is 93.8 cm³/mol. The van der Waals surface area contributed by atoms with Crippen LogP contribution < -0.4 is 4.72 Å². The number of nitrogens with one attached hydrogen (secondary N) is 1. The maximum atomic E-state index is 12.4. The van der Waals surface area contributed by atoms with E-state index in [1.807, 2.05) is 4.68 Å². The van der Waals surface area contributed by atoms with Gasteiger partial charge in [-0.2, -0.15) is 0 Å². The van der Waals surface area contributed by atoms with Crippen molar-refractivity contribution < 1.29 is 8.42 Å². The Hall–Kier alpha value is -2.45. The van der Waals surface area contributed by atoms with E-state index in [-0.39, 0.29) is 4.90 Å². The average molecular weight is 376 g/mol. The number of anilines is 1. The highest BCUT2D eigenvalue weighted by Gasteiger charge is 2.28. The van der Waals surface area contributed by atoms with Gasteiger partial charge < -0.3 is 0 Å². The van der Waals surface area contributed by atoms with Gasteiger partial charge in [0.25, 0.3) is 10.0 Å². The molecule has 1 aliphatic carbocycles. The maximum absolute atomic E-state index is 12.4. The summed E-state index contributed by atoms with van der Waals surface area (Å²) in [6.45, 7) is 0. The Kier molecular flexibility index (Phi) is 3.93. The molecule has 1 fully saturated rings. The topological polar surface area (TPSA) is 89.8 Å². The molecule has 0 radical (unpaired) electrons. The normalized spacial score (nSPS) is 14.4. The number of halogens is 1. The van der Waals surface area contributed by atoms with Gasteiger partial charge in [0.1, 0.15) is 0 Å². The molecule has 0 bridgehead atoms. The van der Waals surface area contributed by atoms with E-state index in [2.05, 4.69) is 20.2 Å². The summed E-state index contributed by atoms with van der Waals surface area (Å²) in [5.41, 5.74) is 1.30. The minimum atomic E-state index is -3.66. The summed E-state index contributed by atoms with van der Waals surface area (Å²) < 4.78 is 29.1. The molecule has 0 saturated heterocycles. The fourth-order valence-corrected chi connectivity index (χ4v) is 3.65. The molecule has 128 valence electrons. The second-order valence-electron chi connectivity index (χ2n) is 5.82. The van der Waals surface area contributed by atoms with Gasteiger partial charge in [-0.25, -0.2) is 13.1 Å². The van der Waals surface area contributed by atoms with Crippen LogP contribution in [0, 0.1) is 0 Å². The largest absolute Gasteiger partial charge is 0.280 e. The van der Waals surface area contributed by atoms with Crippen LogP contribution in [0.25, 0.3) is 11.4 Å². The highest BCUT2D eigenvalue weighted by Crippen LogP contribution is 2.36. The molecular weight excluding hydrogens is 362 g/mol. The molecule has 1 aliphatic rings. The third-order valence-electron chi connectivity index (χ3n) is 3.90. The van der Waals surface area contributed by atoms with Crippen LogP contribution in [-0.2, 0) is 10.0 Å². The lowest BCUT2D eigenvalue weighted by Crippen LogP contribution is -2.12. The zero-order valence-electron chi connectivity index (χ0n) is 13.0. The molecule has 1 heterocycles. The molecule has 1 N–H and O–H groups in total. The van der Waals surface area contributed by atoms with Crippen molar-refractivity contribution in [2.75, 3.05) is 4.72 Å². The molecular formula is C16H14ClN5O2S. The van der Waals surface area contributed by atoms with Gasteiger partial charge in [-0.15, -0.1) is 5.10 Å². The first-order valence-electron chi connectivity index (χ1n) is 7.70. The van der Waals surface area contributed by atoms with Crippen LogP contribution in [0.1, 0.15) is 18.9 Å². The molecule has 25 heavy (non-hydrogen) atoms. The smallest absolute Gasteiger partial charge is 0.261 e. The van der Waals surface area contributed by atoms with Gasteiger partial charge in [0, 0.05) is 16.3 Å². The molecule has 9 heteroatoms. The molecule has 0 aliphatic heterocycles. The highest BCUT2D eigenvalue weighted by molar-refractivity contribution is 7.92. The second kappa shape index (κ2) is 6.12. The van der Waals surface area contributed by atoms with Crippen LogP contribution in [0.2, 0.25) is 5.02 Å². The SMILES string of the molecule is O=S(=O)(Nc1ccc(-c2nnnn2C2CC2)cc1)c1ccc(Cl)cc1. The van der Waals surface area contributed by atoms with Gasteiger partial charge in [0.05, 0.1) is 10.9 Å². The first-order chi connectivity index (χ1) is 12.0. The number of rotatable bonds is 5. The van der Waals surface area contributed by atoms with Crippen molar-refractivity contribution in [3.63, 3.8) is 0 Å². The fourth-order valence-electron chi connectivity index (χ4n) is 2.46. The van der Waals surface area contributed by atoms with E-state index >= 15 is 0 Å². The van der Waals surface area contributed by atoms with Crippen LogP contribution >= 0.6 is 11.6 Å². The molecule has 0 unspecified atom stereocenters. The van der Waals surface area contributed by atoms with E-state index in [1.54, 1.807) is 24.3 Å². The van der Waals surface area contributed by atoms with Crippen molar-refractivity contribution in [1.82, 2.24) is 20.2 Å². The lowest BCUT2D eigenvalue weighted by molar-refractivity contribution is 0.601. The quantitative estimate of drug-likeness (QED) is 0.739. The number of benzene rings is 2. The molecule has 2 aromatic carbocycles. The van der Waals surface area contributed by atoms with Crippen molar-refractivity contribution >= 4 is 27.3 Å². The number of nitrogens with zero attached hydrogens (tertiary/aromatic N) is 4. The zero-order chi connectivity index (χ0) is 17.4. The van der Waals surface area contributed by atoms with Crippen LogP contribution in [-0.4, -0.2) is 28.6 Å². The average Bonchev–Trinajstić information content (AvgIpc) is 3.33. The third-order valence-corrected chi connectivity index (χ3v) is 5.55. The molecule has 3 aromatic rings. The van der Waals surface area contributed by atoms with Crippen LogP contribution in [0.4, 0.5) is 5.69 Å². The van der Waals surface area contributed by atoms with E-state index in [0.29, 0.717) is 22.6 Å². The second-order valence-corrected chi connectivity index (χ2v) is 7.93. The van der Waals surface area contributed by atoms with E-state index in [9.17, 15) is 8.42 Å². The van der Waals surface area contributed by atoms with Crippen molar-refractivity contribution in [2.24, 2.45) is 0 Å². The Morgan fingerprint density at radius 2 is 1.72 bits per heavy atom. The lowest BCUT2D eigenvalue weighted by atomic mass is 10.2. The fraction of sp³-hybridized carbons (Fsp3) is 0.188.